The Bertz CT molecular complexity index is 1240. The number of hydrogen-bond donors (Lipinski definition) is 1. The molecule has 0 spiro atoms. The standard InChI is InChI=1S/C21H17BrF3N3O3S/c1-2-31-19(29)10-16-13-5-3-4-6-14(13)20(30)28(27-16)11-18(32)26-17-9-12(21(23,24)25)7-8-15(17)22/h3-9H,2,10-11H2,1H3,(H,26,32). The summed E-state index contributed by atoms with van der Waals surface area (Å²) in [5.74, 6) is -0.496. The van der Waals surface area contributed by atoms with Crippen LogP contribution in [-0.4, -0.2) is 27.3 Å². The van der Waals surface area contributed by atoms with Gasteiger partial charge in [-0.1, -0.05) is 30.4 Å². The highest BCUT2D eigenvalue weighted by Crippen LogP contribution is 2.34. The number of benzene rings is 2. The average molecular weight is 528 g/mol. The van der Waals surface area contributed by atoms with E-state index in [1.165, 1.54) is 6.07 Å². The van der Waals surface area contributed by atoms with Gasteiger partial charge in [-0.3, -0.25) is 9.59 Å². The van der Waals surface area contributed by atoms with Crippen molar-refractivity contribution in [3.63, 3.8) is 0 Å². The van der Waals surface area contributed by atoms with Gasteiger partial charge in [0.25, 0.3) is 5.56 Å². The molecule has 0 unspecified atom stereocenters. The zero-order chi connectivity index (χ0) is 23.5. The van der Waals surface area contributed by atoms with Gasteiger partial charge in [0.05, 0.1) is 41.9 Å². The first-order valence-corrected chi connectivity index (χ1v) is 10.6. The van der Waals surface area contributed by atoms with Crippen LogP contribution in [0.2, 0.25) is 0 Å². The molecule has 3 aromatic rings. The van der Waals surface area contributed by atoms with E-state index in [1.54, 1.807) is 31.2 Å². The molecule has 1 aromatic heterocycles. The lowest BCUT2D eigenvalue weighted by Crippen LogP contribution is -2.30. The van der Waals surface area contributed by atoms with Crippen molar-refractivity contribution in [1.29, 1.82) is 0 Å². The molecule has 0 saturated carbocycles. The van der Waals surface area contributed by atoms with Crippen molar-refractivity contribution in [2.45, 2.75) is 26.1 Å². The highest BCUT2D eigenvalue weighted by atomic mass is 79.9. The zero-order valence-electron chi connectivity index (χ0n) is 16.7. The number of anilines is 1. The molecular weight excluding hydrogens is 511 g/mol. The second-order valence-electron chi connectivity index (χ2n) is 6.68. The van der Waals surface area contributed by atoms with Crippen LogP contribution in [0.3, 0.4) is 0 Å². The van der Waals surface area contributed by atoms with Gasteiger partial charge in [-0.2, -0.15) is 18.3 Å². The number of carbonyl (C=O) groups excluding carboxylic acids is 1. The Balaban J connectivity index is 1.92. The Kier molecular flexibility index (Phi) is 7.29. The quantitative estimate of drug-likeness (QED) is 0.369. The van der Waals surface area contributed by atoms with Gasteiger partial charge in [-0.25, -0.2) is 4.68 Å². The minimum atomic E-state index is -4.52. The van der Waals surface area contributed by atoms with Crippen molar-refractivity contribution in [2.75, 3.05) is 11.9 Å². The van der Waals surface area contributed by atoms with Crippen LogP contribution in [0, 0.1) is 0 Å². The van der Waals surface area contributed by atoms with Crippen LogP contribution in [0.25, 0.3) is 10.8 Å². The number of aromatic nitrogens is 2. The van der Waals surface area contributed by atoms with Crippen LogP contribution in [0.4, 0.5) is 18.9 Å². The van der Waals surface area contributed by atoms with Crippen LogP contribution in [-0.2, 0) is 28.7 Å². The van der Waals surface area contributed by atoms with E-state index < -0.39 is 23.3 Å². The third-order valence-corrected chi connectivity index (χ3v) is 5.35. The van der Waals surface area contributed by atoms with Crippen LogP contribution >= 0.6 is 28.1 Å². The molecule has 0 amide bonds. The molecule has 2 aromatic carbocycles. The summed E-state index contributed by atoms with van der Waals surface area (Å²) in [4.78, 5) is 24.9. The zero-order valence-corrected chi connectivity index (χ0v) is 19.1. The molecule has 0 fully saturated rings. The summed E-state index contributed by atoms with van der Waals surface area (Å²) in [6.07, 6.45) is -4.66. The summed E-state index contributed by atoms with van der Waals surface area (Å²) < 4.78 is 45.5. The highest BCUT2D eigenvalue weighted by Gasteiger charge is 2.31. The van der Waals surface area contributed by atoms with Gasteiger partial charge < -0.3 is 10.1 Å². The number of carbonyl (C=O) groups is 1. The van der Waals surface area contributed by atoms with Crippen molar-refractivity contribution in [2.24, 2.45) is 0 Å². The molecule has 0 aliphatic rings. The Morgan fingerprint density at radius 3 is 2.56 bits per heavy atom. The second kappa shape index (κ2) is 9.78. The minimum Gasteiger partial charge on any atom is -0.466 e. The SMILES string of the molecule is CCOC(=O)Cc1nn(CC(=S)Nc2cc(C(F)(F)F)ccc2Br)c(=O)c2ccccc12. The van der Waals surface area contributed by atoms with E-state index >= 15 is 0 Å². The smallest absolute Gasteiger partial charge is 0.416 e. The van der Waals surface area contributed by atoms with Crippen molar-refractivity contribution in [3.05, 3.63) is 68.5 Å². The van der Waals surface area contributed by atoms with E-state index in [4.69, 9.17) is 17.0 Å². The van der Waals surface area contributed by atoms with Crippen molar-refractivity contribution < 1.29 is 22.7 Å². The van der Waals surface area contributed by atoms with Gasteiger partial charge in [-0.05, 0) is 47.1 Å². The average Bonchev–Trinajstić information content (AvgIpc) is 2.72. The summed E-state index contributed by atoms with van der Waals surface area (Å²) >= 11 is 8.45. The molecule has 168 valence electrons. The van der Waals surface area contributed by atoms with E-state index in [0.29, 0.717) is 20.9 Å². The lowest BCUT2D eigenvalue weighted by Gasteiger charge is -2.15. The van der Waals surface area contributed by atoms with Gasteiger partial charge >= 0.3 is 12.1 Å². The van der Waals surface area contributed by atoms with E-state index in [-0.39, 0.29) is 30.2 Å². The first-order chi connectivity index (χ1) is 15.1. The number of esters is 1. The third-order valence-electron chi connectivity index (χ3n) is 4.42. The number of nitrogens with zero attached hydrogens (tertiary/aromatic N) is 2. The lowest BCUT2D eigenvalue weighted by atomic mass is 10.1. The summed E-state index contributed by atoms with van der Waals surface area (Å²) in [7, 11) is 0. The Morgan fingerprint density at radius 2 is 1.91 bits per heavy atom. The van der Waals surface area contributed by atoms with E-state index in [0.717, 1.165) is 16.8 Å². The predicted octanol–water partition coefficient (Wildman–Crippen LogP) is 4.72. The van der Waals surface area contributed by atoms with E-state index in [9.17, 15) is 22.8 Å². The highest BCUT2D eigenvalue weighted by molar-refractivity contribution is 9.10. The molecule has 32 heavy (non-hydrogen) atoms. The summed E-state index contributed by atoms with van der Waals surface area (Å²) in [6.45, 7) is 1.69. The molecule has 1 N–H and O–H groups in total. The molecule has 3 rings (SSSR count). The molecule has 0 aliphatic carbocycles. The molecule has 1 heterocycles. The molecule has 0 atom stereocenters. The van der Waals surface area contributed by atoms with Crippen molar-refractivity contribution in [3.8, 4) is 0 Å². The molecular formula is C21H17BrF3N3O3S. The van der Waals surface area contributed by atoms with Gasteiger partial charge in [0.15, 0.2) is 0 Å². The normalized spacial score (nSPS) is 11.4. The third kappa shape index (κ3) is 5.52. The van der Waals surface area contributed by atoms with Crippen LogP contribution in [0.1, 0.15) is 18.2 Å². The summed E-state index contributed by atoms with van der Waals surface area (Å²) in [5.41, 5.74) is -0.851. The molecule has 6 nitrogen and oxygen atoms in total. The first kappa shape index (κ1) is 23.9. The maximum absolute atomic E-state index is 13.0. The fourth-order valence-electron chi connectivity index (χ4n) is 3.01. The summed E-state index contributed by atoms with van der Waals surface area (Å²) in [6, 6.07) is 9.79. The largest absolute Gasteiger partial charge is 0.466 e. The minimum absolute atomic E-state index is 0.0667. The number of thiocarbonyl (C=S) groups is 1. The fourth-order valence-corrected chi connectivity index (χ4v) is 3.59. The van der Waals surface area contributed by atoms with Gasteiger partial charge in [0.2, 0.25) is 0 Å². The predicted molar refractivity (Wildman–Crippen MR) is 122 cm³/mol. The Morgan fingerprint density at radius 1 is 1.22 bits per heavy atom. The number of nitrogens with one attached hydrogen (secondary N) is 1. The topological polar surface area (TPSA) is 73.2 Å². The molecule has 0 saturated heterocycles. The summed E-state index contributed by atoms with van der Waals surface area (Å²) in [5, 5.41) is 7.84. The lowest BCUT2D eigenvalue weighted by molar-refractivity contribution is -0.142. The van der Waals surface area contributed by atoms with Crippen LogP contribution in [0.5, 0.6) is 0 Å². The first-order valence-electron chi connectivity index (χ1n) is 9.41. The number of hydrogen-bond acceptors (Lipinski definition) is 5. The van der Waals surface area contributed by atoms with Crippen LogP contribution in [0.15, 0.2) is 51.7 Å². The second-order valence-corrected chi connectivity index (χ2v) is 8.02. The van der Waals surface area contributed by atoms with Crippen molar-refractivity contribution in [1.82, 2.24) is 9.78 Å². The molecule has 0 radical (unpaired) electrons. The molecule has 0 bridgehead atoms. The van der Waals surface area contributed by atoms with Crippen molar-refractivity contribution >= 4 is 55.6 Å². The number of ether oxygens (including phenoxy) is 1. The monoisotopic (exact) mass is 527 g/mol. The van der Waals surface area contributed by atoms with Crippen LogP contribution < -0.4 is 10.9 Å². The molecule has 11 heteroatoms. The number of fused-ring (bicyclic) bond motifs is 1. The maximum Gasteiger partial charge on any atom is 0.416 e. The number of rotatable bonds is 6. The Hall–Kier alpha value is -2.79. The Labute approximate surface area is 194 Å². The maximum atomic E-state index is 13.0. The number of alkyl halides is 3. The van der Waals surface area contributed by atoms with E-state index in [1.807, 2.05) is 0 Å². The van der Waals surface area contributed by atoms with Gasteiger partial charge in [0, 0.05) is 9.86 Å². The molecule has 0 aliphatic heterocycles. The fraction of sp³-hybridized carbons (Fsp3) is 0.238. The number of halogens is 4. The van der Waals surface area contributed by atoms with Gasteiger partial charge in [0.1, 0.15) is 4.99 Å². The van der Waals surface area contributed by atoms with Gasteiger partial charge in [-0.15, -0.1) is 0 Å². The van der Waals surface area contributed by atoms with E-state index in [2.05, 4.69) is 26.3 Å².